The Morgan fingerprint density at radius 3 is 2.47 bits per heavy atom. The zero-order valence-corrected chi connectivity index (χ0v) is 24.4. The van der Waals surface area contributed by atoms with E-state index in [1.54, 1.807) is 6.07 Å². The van der Waals surface area contributed by atoms with Gasteiger partial charge in [-0.1, -0.05) is 11.6 Å². The third-order valence-corrected chi connectivity index (χ3v) is 9.76. The average Bonchev–Trinajstić information content (AvgIpc) is 3.51. The van der Waals surface area contributed by atoms with E-state index in [0.29, 0.717) is 30.9 Å². The topological polar surface area (TPSA) is 71.0 Å². The van der Waals surface area contributed by atoms with Crippen LogP contribution in [0.15, 0.2) is 10.5 Å². The van der Waals surface area contributed by atoms with E-state index in [1.165, 1.54) is 0 Å². The Hall–Kier alpha value is -1.91. The van der Waals surface area contributed by atoms with Crippen LogP contribution in [0.5, 0.6) is 6.01 Å². The van der Waals surface area contributed by atoms with Crippen molar-refractivity contribution >= 4 is 50.3 Å². The summed E-state index contributed by atoms with van der Waals surface area (Å²) in [5, 5.41) is 0.796. The molecule has 2 bridgehead atoms. The number of nitrogens with zero attached hydrogens (tertiary/aromatic N) is 5. The van der Waals surface area contributed by atoms with Crippen molar-refractivity contribution in [1.82, 2.24) is 19.8 Å². The first kappa shape index (κ1) is 26.3. The van der Waals surface area contributed by atoms with E-state index in [1.807, 2.05) is 25.7 Å². The SMILES string of the molecule is CC(C)(C)OC(=O)N1C2CCC1CN(c1nc(OCC34CCCN3CCC4)nc3c(F)c(Br)c(Cl)cc13)C2. The summed E-state index contributed by atoms with van der Waals surface area (Å²) in [6.07, 6.45) is 6.00. The zero-order chi connectivity index (χ0) is 26.8. The molecule has 4 aliphatic heterocycles. The number of aromatic nitrogens is 2. The summed E-state index contributed by atoms with van der Waals surface area (Å²) >= 11 is 9.64. The molecule has 1 aromatic carbocycles. The molecule has 5 heterocycles. The normalized spacial score (nSPS) is 24.8. The van der Waals surface area contributed by atoms with Crippen LogP contribution >= 0.6 is 27.5 Å². The van der Waals surface area contributed by atoms with Crippen molar-refractivity contribution in [2.45, 2.75) is 82.5 Å². The van der Waals surface area contributed by atoms with Crippen molar-refractivity contribution in [3.8, 4) is 6.01 Å². The Balaban J connectivity index is 1.32. The number of piperazine rings is 1. The highest BCUT2D eigenvalue weighted by atomic mass is 79.9. The lowest BCUT2D eigenvalue weighted by molar-refractivity contribution is 0.0122. The molecule has 1 amide bonds. The van der Waals surface area contributed by atoms with Crippen molar-refractivity contribution in [2.24, 2.45) is 0 Å². The lowest BCUT2D eigenvalue weighted by Gasteiger charge is -2.42. The molecule has 0 saturated carbocycles. The highest BCUT2D eigenvalue weighted by Crippen LogP contribution is 2.41. The second kappa shape index (κ2) is 9.63. The number of hydrogen-bond donors (Lipinski definition) is 0. The third kappa shape index (κ3) is 4.60. The maximum atomic E-state index is 15.5. The van der Waals surface area contributed by atoms with Gasteiger partial charge in [0.15, 0.2) is 5.82 Å². The number of ether oxygens (including phenoxy) is 2. The van der Waals surface area contributed by atoms with E-state index < -0.39 is 11.4 Å². The van der Waals surface area contributed by atoms with E-state index in [9.17, 15) is 4.79 Å². The molecule has 2 atom stereocenters. The predicted octanol–water partition coefficient (Wildman–Crippen LogP) is 5.78. The maximum Gasteiger partial charge on any atom is 0.410 e. The first-order valence-corrected chi connectivity index (χ1v) is 14.7. The zero-order valence-electron chi connectivity index (χ0n) is 22.1. The minimum Gasteiger partial charge on any atom is -0.461 e. The minimum atomic E-state index is -0.557. The summed E-state index contributed by atoms with van der Waals surface area (Å²) in [4.78, 5) is 28.8. The van der Waals surface area contributed by atoms with Crippen molar-refractivity contribution < 1.29 is 18.7 Å². The number of fused-ring (bicyclic) bond motifs is 4. The van der Waals surface area contributed by atoms with Gasteiger partial charge in [0.25, 0.3) is 0 Å². The molecular weight excluding hydrogens is 577 g/mol. The number of carbonyl (C=O) groups is 1. The predicted molar refractivity (Wildman–Crippen MR) is 148 cm³/mol. The molecule has 0 N–H and O–H groups in total. The first-order chi connectivity index (χ1) is 18.0. The molecule has 0 spiro atoms. The third-order valence-electron chi connectivity index (χ3n) is 8.45. The molecule has 206 valence electrons. The molecule has 2 unspecified atom stereocenters. The standard InChI is InChI=1S/C27H34BrClFN5O3/c1-26(2,3)38-25(36)35-16-6-7-17(35)14-33(13-16)23-18-12-19(29)20(28)21(30)22(18)31-24(32-23)37-15-27-8-4-10-34(27)11-5-9-27/h12,16-17H,4-11,13-15H2,1-3H3. The smallest absolute Gasteiger partial charge is 0.410 e. The fourth-order valence-corrected chi connectivity index (χ4v) is 7.29. The van der Waals surface area contributed by atoms with Crippen LogP contribution < -0.4 is 9.64 Å². The van der Waals surface area contributed by atoms with Crippen LogP contribution in [0.3, 0.4) is 0 Å². The number of anilines is 1. The molecular formula is C27H34BrClFN5O3. The van der Waals surface area contributed by atoms with E-state index in [0.717, 1.165) is 51.6 Å². The number of halogens is 3. The van der Waals surface area contributed by atoms with Crippen molar-refractivity contribution in [2.75, 3.05) is 37.7 Å². The van der Waals surface area contributed by atoms with Gasteiger partial charge in [-0.3, -0.25) is 9.80 Å². The molecule has 4 aliphatic rings. The number of hydrogen-bond acceptors (Lipinski definition) is 7. The first-order valence-electron chi connectivity index (χ1n) is 13.5. The van der Waals surface area contributed by atoms with Crippen LogP contribution in [0, 0.1) is 5.82 Å². The van der Waals surface area contributed by atoms with Crippen LogP contribution in [-0.4, -0.2) is 81.9 Å². The van der Waals surface area contributed by atoms with Crippen LogP contribution in [0.2, 0.25) is 5.02 Å². The van der Waals surface area contributed by atoms with E-state index in [-0.39, 0.29) is 44.7 Å². The second-order valence-corrected chi connectivity index (χ2v) is 13.3. The Labute approximate surface area is 235 Å². The van der Waals surface area contributed by atoms with Crippen LogP contribution in [0.4, 0.5) is 15.0 Å². The Kier molecular flexibility index (Phi) is 6.67. The minimum absolute atomic E-state index is 0.0156. The second-order valence-electron chi connectivity index (χ2n) is 12.1. The van der Waals surface area contributed by atoms with E-state index in [2.05, 4.69) is 30.7 Å². The summed E-state index contributed by atoms with van der Waals surface area (Å²) in [5.74, 6) is 0.0594. The van der Waals surface area contributed by atoms with Gasteiger partial charge < -0.3 is 14.4 Å². The van der Waals surface area contributed by atoms with Gasteiger partial charge in [0.2, 0.25) is 0 Å². The van der Waals surface area contributed by atoms with Crippen LogP contribution in [0.1, 0.15) is 59.3 Å². The van der Waals surface area contributed by atoms with Crippen molar-refractivity contribution in [3.05, 3.63) is 21.4 Å². The largest absolute Gasteiger partial charge is 0.461 e. The molecule has 8 nitrogen and oxygen atoms in total. The summed E-state index contributed by atoms with van der Waals surface area (Å²) < 4.78 is 27.6. The summed E-state index contributed by atoms with van der Waals surface area (Å²) in [5.41, 5.74) is -0.358. The van der Waals surface area contributed by atoms with Gasteiger partial charge in [-0.2, -0.15) is 9.97 Å². The number of benzene rings is 1. The summed E-state index contributed by atoms with van der Waals surface area (Å²) in [6, 6.07) is 1.85. The molecule has 0 aliphatic carbocycles. The Morgan fingerprint density at radius 1 is 1.18 bits per heavy atom. The molecule has 6 rings (SSSR count). The maximum absolute atomic E-state index is 15.5. The molecule has 11 heteroatoms. The molecule has 0 radical (unpaired) electrons. The van der Waals surface area contributed by atoms with Crippen molar-refractivity contribution in [3.63, 3.8) is 0 Å². The summed E-state index contributed by atoms with van der Waals surface area (Å²) in [7, 11) is 0. The Bertz CT molecular complexity index is 1250. The van der Waals surface area contributed by atoms with Gasteiger partial charge in [0, 0.05) is 18.5 Å². The van der Waals surface area contributed by atoms with E-state index in [4.69, 9.17) is 26.1 Å². The monoisotopic (exact) mass is 609 g/mol. The fourth-order valence-electron chi connectivity index (χ4n) is 6.79. The van der Waals surface area contributed by atoms with Gasteiger partial charge in [0.05, 0.1) is 27.1 Å². The molecule has 1 aromatic heterocycles. The van der Waals surface area contributed by atoms with Gasteiger partial charge in [-0.25, -0.2) is 9.18 Å². The van der Waals surface area contributed by atoms with Crippen LogP contribution in [-0.2, 0) is 4.74 Å². The number of carbonyl (C=O) groups excluding carboxylic acids is 1. The highest BCUT2D eigenvalue weighted by Gasteiger charge is 2.46. The highest BCUT2D eigenvalue weighted by molar-refractivity contribution is 9.10. The van der Waals surface area contributed by atoms with Crippen molar-refractivity contribution in [1.29, 1.82) is 0 Å². The fraction of sp³-hybridized carbons (Fsp3) is 0.667. The molecule has 4 fully saturated rings. The van der Waals surface area contributed by atoms with Gasteiger partial charge in [0.1, 0.15) is 23.5 Å². The Morgan fingerprint density at radius 2 is 1.84 bits per heavy atom. The molecule has 2 aromatic rings. The number of rotatable bonds is 4. The van der Waals surface area contributed by atoms with Crippen LogP contribution in [0.25, 0.3) is 10.9 Å². The summed E-state index contributed by atoms with van der Waals surface area (Å²) in [6.45, 7) is 9.45. The molecule has 4 saturated heterocycles. The average molecular weight is 611 g/mol. The number of amides is 1. The lowest BCUT2D eigenvalue weighted by Crippen LogP contribution is -2.57. The van der Waals surface area contributed by atoms with Gasteiger partial charge >= 0.3 is 12.1 Å². The lowest BCUT2D eigenvalue weighted by atomic mass is 9.95. The quantitative estimate of drug-likeness (QED) is 0.407. The van der Waals surface area contributed by atoms with E-state index >= 15 is 4.39 Å². The van der Waals surface area contributed by atoms with Gasteiger partial charge in [-0.05, 0) is 94.4 Å². The molecule has 38 heavy (non-hydrogen) atoms. The van der Waals surface area contributed by atoms with Gasteiger partial charge in [-0.15, -0.1) is 0 Å².